The zero-order chi connectivity index (χ0) is 14.5. The van der Waals surface area contributed by atoms with E-state index in [-0.39, 0.29) is 11.7 Å². The van der Waals surface area contributed by atoms with Gasteiger partial charge < -0.3 is 10.0 Å². The highest BCUT2D eigenvalue weighted by Gasteiger charge is 2.18. The summed E-state index contributed by atoms with van der Waals surface area (Å²) in [4.78, 5) is 14.2. The van der Waals surface area contributed by atoms with Crippen molar-refractivity contribution in [1.29, 1.82) is 0 Å². The molecule has 20 heavy (non-hydrogen) atoms. The van der Waals surface area contributed by atoms with Crippen molar-refractivity contribution in [2.75, 3.05) is 13.1 Å². The molecule has 104 valence electrons. The number of amides is 1. The second-order valence-electron chi connectivity index (χ2n) is 4.76. The Hall–Kier alpha value is -2.29. The number of phenols is 1. The Bertz CT molecular complexity index is 634. The molecule has 0 saturated heterocycles. The number of hydrogen-bond acceptors (Lipinski definition) is 2. The van der Waals surface area contributed by atoms with Gasteiger partial charge in [0.05, 0.1) is 5.56 Å². The fourth-order valence-corrected chi connectivity index (χ4v) is 2.27. The molecule has 3 heteroatoms. The number of carbonyl (C=O) groups is 1. The summed E-state index contributed by atoms with van der Waals surface area (Å²) in [5.74, 6) is -0.131. The van der Waals surface area contributed by atoms with Crippen molar-refractivity contribution in [3.63, 3.8) is 0 Å². The van der Waals surface area contributed by atoms with Crippen molar-refractivity contribution < 1.29 is 9.90 Å². The van der Waals surface area contributed by atoms with Crippen LogP contribution >= 0.6 is 0 Å². The summed E-state index contributed by atoms with van der Waals surface area (Å²) in [6.45, 7) is 6.83. The van der Waals surface area contributed by atoms with Crippen LogP contribution in [0.4, 0.5) is 0 Å². The highest BCUT2D eigenvalue weighted by molar-refractivity contribution is 6.01. The van der Waals surface area contributed by atoms with E-state index in [2.05, 4.69) is 6.58 Å². The van der Waals surface area contributed by atoms with Crippen molar-refractivity contribution in [3.05, 3.63) is 54.6 Å². The molecule has 0 unspecified atom stereocenters. The Kier molecular flexibility index (Phi) is 4.41. The van der Waals surface area contributed by atoms with Gasteiger partial charge in [-0.05, 0) is 29.3 Å². The van der Waals surface area contributed by atoms with Gasteiger partial charge >= 0.3 is 0 Å². The first-order valence-electron chi connectivity index (χ1n) is 6.79. The van der Waals surface area contributed by atoms with Gasteiger partial charge in [0.2, 0.25) is 0 Å². The minimum Gasteiger partial charge on any atom is -0.507 e. The molecule has 0 radical (unpaired) electrons. The molecule has 1 amide bonds. The van der Waals surface area contributed by atoms with E-state index in [9.17, 15) is 9.90 Å². The maximum atomic E-state index is 12.5. The third kappa shape index (κ3) is 2.82. The molecule has 0 aliphatic rings. The van der Waals surface area contributed by atoms with Gasteiger partial charge in [0.15, 0.2) is 0 Å². The van der Waals surface area contributed by atoms with E-state index in [4.69, 9.17) is 0 Å². The Morgan fingerprint density at radius 1 is 1.30 bits per heavy atom. The van der Waals surface area contributed by atoms with Crippen molar-refractivity contribution in [2.24, 2.45) is 0 Å². The van der Waals surface area contributed by atoms with Crippen LogP contribution in [0.15, 0.2) is 49.1 Å². The van der Waals surface area contributed by atoms with Crippen LogP contribution in [0.5, 0.6) is 5.75 Å². The molecule has 0 heterocycles. The minimum absolute atomic E-state index is 0.0267. The summed E-state index contributed by atoms with van der Waals surface area (Å²) >= 11 is 0. The van der Waals surface area contributed by atoms with Crippen LogP contribution in [0.1, 0.15) is 23.7 Å². The van der Waals surface area contributed by atoms with Crippen LogP contribution in [0.25, 0.3) is 10.8 Å². The average molecular weight is 269 g/mol. The SMILES string of the molecule is C=CCN(CCC)C(=O)c1cc2ccccc2cc1O. The van der Waals surface area contributed by atoms with E-state index >= 15 is 0 Å². The number of phenolic OH excluding ortho intramolecular Hbond substituents is 1. The zero-order valence-electron chi connectivity index (χ0n) is 11.7. The van der Waals surface area contributed by atoms with Gasteiger partial charge in [0.25, 0.3) is 5.91 Å². The molecule has 0 saturated carbocycles. The number of aromatic hydroxyl groups is 1. The van der Waals surface area contributed by atoms with Gasteiger partial charge in [-0.1, -0.05) is 37.3 Å². The molecule has 1 N–H and O–H groups in total. The fourth-order valence-electron chi connectivity index (χ4n) is 2.27. The summed E-state index contributed by atoms with van der Waals surface area (Å²) in [7, 11) is 0. The number of carbonyl (C=O) groups excluding carboxylic acids is 1. The Morgan fingerprint density at radius 3 is 2.55 bits per heavy atom. The second-order valence-corrected chi connectivity index (χ2v) is 4.76. The Balaban J connectivity index is 2.42. The van der Waals surface area contributed by atoms with Crippen LogP contribution in [0, 0.1) is 0 Å². The summed E-state index contributed by atoms with van der Waals surface area (Å²) in [6, 6.07) is 11.1. The lowest BCUT2D eigenvalue weighted by Gasteiger charge is -2.21. The van der Waals surface area contributed by atoms with Crippen LogP contribution in [0.2, 0.25) is 0 Å². The largest absolute Gasteiger partial charge is 0.507 e. The Morgan fingerprint density at radius 2 is 1.95 bits per heavy atom. The van der Waals surface area contributed by atoms with Gasteiger partial charge in [0, 0.05) is 13.1 Å². The van der Waals surface area contributed by atoms with Crippen molar-refractivity contribution >= 4 is 16.7 Å². The van der Waals surface area contributed by atoms with Gasteiger partial charge in [-0.15, -0.1) is 6.58 Å². The zero-order valence-corrected chi connectivity index (χ0v) is 11.7. The van der Waals surface area contributed by atoms with E-state index in [1.54, 1.807) is 23.1 Å². The monoisotopic (exact) mass is 269 g/mol. The topological polar surface area (TPSA) is 40.5 Å². The number of nitrogens with zero attached hydrogens (tertiary/aromatic N) is 1. The van der Waals surface area contributed by atoms with Crippen LogP contribution in [0.3, 0.4) is 0 Å². The van der Waals surface area contributed by atoms with Gasteiger partial charge in [-0.3, -0.25) is 4.79 Å². The predicted octanol–water partition coefficient (Wildman–Crippen LogP) is 3.58. The summed E-state index contributed by atoms with van der Waals surface area (Å²) in [6.07, 6.45) is 2.57. The maximum absolute atomic E-state index is 12.5. The number of fused-ring (bicyclic) bond motifs is 1. The molecule has 3 nitrogen and oxygen atoms in total. The number of hydrogen-bond donors (Lipinski definition) is 1. The molecule has 2 aromatic carbocycles. The molecule has 0 bridgehead atoms. The van der Waals surface area contributed by atoms with Gasteiger partial charge in [-0.2, -0.15) is 0 Å². The van der Waals surface area contributed by atoms with Gasteiger partial charge in [0.1, 0.15) is 5.75 Å². The molecule has 0 aromatic heterocycles. The standard InChI is InChI=1S/C17H19NO2/c1-3-9-18(10-4-2)17(20)15-11-13-7-5-6-8-14(13)12-16(15)19/h3,5-8,11-12,19H,1,4,9-10H2,2H3. The molecule has 2 rings (SSSR count). The normalized spacial score (nSPS) is 10.4. The fraction of sp³-hybridized carbons (Fsp3) is 0.235. The lowest BCUT2D eigenvalue weighted by atomic mass is 10.0. The third-order valence-electron chi connectivity index (χ3n) is 3.22. The average Bonchev–Trinajstić information content (AvgIpc) is 2.45. The van der Waals surface area contributed by atoms with Crippen LogP contribution in [-0.2, 0) is 0 Å². The van der Waals surface area contributed by atoms with Gasteiger partial charge in [-0.25, -0.2) is 0 Å². The second kappa shape index (κ2) is 6.24. The molecule has 0 fully saturated rings. The van der Waals surface area contributed by atoms with Crippen molar-refractivity contribution in [3.8, 4) is 5.75 Å². The first-order chi connectivity index (χ1) is 9.67. The van der Waals surface area contributed by atoms with Crippen LogP contribution in [-0.4, -0.2) is 29.0 Å². The lowest BCUT2D eigenvalue weighted by molar-refractivity contribution is 0.0771. The quantitative estimate of drug-likeness (QED) is 0.843. The van der Waals surface area contributed by atoms with Crippen molar-refractivity contribution in [2.45, 2.75) is 13.3 Å². The molecule has 0 spiro atoms. The molecule has 0 aliphatic carbocycles. The van der Waals surface area contributed by atoms with Crippen molar-refractivity contribution in [1.82, 2.24) is 4.90 Å². The summed E-state index contributed by atoms with van der Waals surface area (Å²) in [5, 5.41) is 12.0. The first-order valence-corrected chi connectivity index (χ1v) is 6.79. The van der Waals surface area contributed by atoms with E-state index < -0.39 is 0 Å². The molecule has 0 aliphatic heterocycles. The van der Waals surface area contributed by atoms with E-state index in [1.807, 2.05) is 31.2 Å². The smallest absolute Gasteiger partial charge is 0.257 e. The molecular weight excluding hydrogens is 250 g/mol. The number of benzene rings is 2. The molecule has 2 aromatic rings. The predicted molar refractivity (Wildman–Crippen MR) is 82.0 cm³/mol. The third-order valence-corrected chi connectivity index (χ3v) is 3.22. The maximum Gasteiger partial charge on any atom is 0.257 e. The molecular formula is C17H19NO2. The first kappa shape index (κ1) is 14.1. The summed E-state index contributed by atoms with van der Waals surface area (Å²) < 4.78 is 0. The lowest BCUT2D eigenvalue weighted by Crippen LogP contribution is -2.31. The van der Waals surface area contributed by atoms with E-state index in [0.717, 1.165) is 17.2 Å². The van der Waals surface area contributed by atoms with Crippen LogP contribution < -0.4 is 0 Å². The highest BCUT2D eigenvalue weighted by Crippen LogP contribution is 2.26. The van der Waals surface area contributed by atoms with E-state index in [1.165, 1.54) is 0 Å². The minimum atomic E-state index is -0.157. The highest BCUT2D eigenvalue weighted by atomic mass is 16.3. The number of rotatable bonds is 5. The van der Waals surface area contributed by atoms with E-state index in [0.29, 0.717) is 18.7 Å². The molecule has 0 atom stereocenters. The Labute approximate surface area is 119 Å². The summed E-state index contributed by atoms with van der Waals surface area (Å²) in [5.41, 5.74) is 0.346.